The van der Waals surface area contributed by atoms with Crippen molar-refractivity contribution in [1.29, 1.82) is 0 Å². The minimum absolute atomic E-state index is 0.455. The van der Waals surface area contributed by atoms with Crippen molar-refractivity contribution in [3.63, 3.8) is 0 Å². The molecule has 3 rings (SSSR count). The summed E-state index contributed by atoms with van der Waals surface area (Å²) in [6.45, 7) is 5.14. The van der Waals surface area contributed by atoms with Crippen LogP contribution in [0.15, 0.2) is 24.7 Å². The van der Waals surface area contributed by atoms with Crippen LogP contribution in [0.25, 0.3) is 5.69 Å². The van der Waals surface area contributed by atoms with E-state index in [1.165, 1.54) is 11.4 Å². The normalized spacial score (nSPS) is 13.2. The SMILES string of the molecule is CC(C)c1ncn2c1CNc1ncccc1-2. The molecule has 2 aromatic heterocycles. The van der Waals surface area contributed by atoms with Crippen molar-refractivity contribution >= 4 is 5.82 Å². The van der Waals surface area contributed by atoms with E-state index < -0.39 is 0 Å². The first-order valence-corrected chi connectivity index (χ1v) is 5.52. The molecule has 0 spiro atoms. The van der Waals surface area contributed by atoms with E-state index in [-0.39, 0.29) is 0 Å². The van der Waals surface area contributed by atoms with Gasteiger partial charge in [0.15, 0.2) is 5.82 Å². The maximum Gasteiger partial charge on any atom is 0.150 e. The highest BCUT2D eigenvalue weighted by Gasteiger charge is 2.20. The number of rotatable bonds is 1. The molecule has 0 radical (unpaired) electrons. The van der Waals surface area contributed by atoms with Gasteiger partial charge < -0.3 is 5.32 Å². The van der Waals surface area contributed by atoms with Gasteiger partial charge in [0.05, 0.1) is 29.9 Å². The highest BCUT2D eigenvalue weighted by atomic mass is 15.2. The van der Waals surface area contributed by atoms with E-state index in [1.807, 2.05) is 12.4 Å². The first kappa shape index (κ1) is 9.39. The standard InChI is InChI=1S/C12H14N4/c1-8(2)11-10-6-14-12-9(4-3-5-13-12)16(10)7-15-11/h3-5,7-8H,6H2,1-2H3,(H,13,14). The van der Waals surface area contributed by atoms with Crippen LogP contribution in [-0.4, -0.2) is 14.5 Å². The van der Waals surface area contributed by atoms with Crippen LogP contribution in [0.5, 0.6) is 0 Å². The van der Waals surface area contributed by atoms with Gasteiger partial charge in [-0.05, 0) is 18.1 Å². The van der Waals surface area contributed by atoms with Crippen LogP contribution in [0.4, 0.5) is 5.82 Å². The molecular formula is C12H14N4. The van der Waals surface area contributed by atoms with E-state index in [4.69, 9.17) is 0 Å². The molecule has 0 aliphatic carbocycles. The second kappa shape index (κ2) is 3.33. The summed E-state index contributed by atoms with van der Waals surface area (Å²) < 4.78 is 2.13. The second-order valence-electron chi connectivity index (χ2n) is 4.33. The molecule has 4 nitrogen and oxygen atoms in total. The highest BCUT2D eigenvalue weighted by molar-refractivity contribution is 5.59. The molecule has 1 aliphatic heterocycles. The second-order valence-corrected chi connectivity index (χ2v) is 4.33. The number of hydrogen-bond acceptors (Lipinski definition) is 3. The molecule has 3 heterocycles. The van der Waals surface area contributed by atoms with Crippen LogP contribution in [0.2, 0.25) is 0 Å². The number of aromatic nitrogens is 3. The predicted molar refractivity (Wildman–Crippen MR) is 62.8 cm³/mol. The van der Waals surface area contributed by atoms with Crippen LogP contribution >= 0.6 is 0 Å². The van der Waals surface area contributed by atoms with Crippen molar-refractivity contribution in [2.75, 3.05) is 5.32 Å². The molecule has 2 aromatic rings. The minimum atomic E-state index is 0.455. The maximum atomic E-state index is 4.49. The summed E-state index contributed by atoms with van der Waals surface area (Å²) >= 11 is 0. The Morgan fingerprint density at radius 1 is 1.38 bits per heavy atom. The summed E-state index contributed by atoms with van der Waals surface area (Å²) in [7, 11) is 0. The summed E-state index contributed by atoms with van der Waals surface area (Å²) in [6.07, 6.45) is 3.70. The van der Waals surface area contributed by atoms with Crippen LogP contribution in [0, 0.1) is 0 Å². The van der Waals surface area contributed by atoms with Crippen LogP contribution in [0.3, 0.4) is 0 Å². The van der Waals surface area contributed by atoms with Crippen molar-refractivity contribution in [1.82, 2.24) is 14.5 Å². The number of pyridine rings is 1. The highest BCUT2D eigenvalue weighted by Crippen LogP contribution is 2.28. The average molecular weight is 214 g/mol. The van der Waals surface area contributed by atoms with Gasteiger partial charge in [0.25, 0.3) is 0 Å². The third kappa shape index (κ3) is 1.23. The van der Waals surface area contributed by atoms with Gasteiger partial charge in [0.2, 0.25) is 0 Å². The third-order valence-corrected chi connectivity index (χ3v) is 2.91. The third-order valence-electron chi connectivity index (χ3n) is 2.91. The summed E-state index contributed by atoms with van der Waals surface area (Å²) in [6, 6.07) is 4.01. The molecule has 82 valence electrons. The van der Waals surface area contributed by atoms with Gasteiger partial charge in [-0.1, -0.05) is 13.8 Å². The zero-order valence-corrected chi connectivity index (χ0v) is 9.44. The molecule has 0 bridgehead atoms. The van der Waals surface area contributed by atoms with E-state index in [2.05, 4.69) is 39.8 Å². The van der Waals surface area contributed by atoms with Gasteiger partial charge >= 0.3 is 0 Å². The number of fused-ring (bicyclic) bond motifs is 3. The zero-order valence-electron chi connectivity index (χ0n) is 9.44. The molecule has 0 atom stereocenters. The molecule has 4 heteroatoms. The Labute approximate surface area is 94.4 Å². The van der Waals surface area contributed by atoms with Gasteiger partial charge in [0.1, 0.15) is 0 Å². The molecule has 0 unspecified atom stereocenters. The van der Waals surface area contributed by atoms with Gasteiger partial charge in [-0.15, -0.1) is 0 Å². The summed E-state index contributed by atoms with van der Waals surface area (Å²) in [5.74, 6) is 1.39. The lowest BCUT2D eigenvalue weighted by Gasteiger charge is -2.20. The van der Waals surface area contributed by atoms with Gasteiger partial charge in [-0.2, -0.15) is 0 Å². The van der Waals surface area contributed by atoms with Crippen molar-refractivity contribution in [2.45, 2.75) is 26.3 Å². The van der Waals surface area contributed by atoms with Gasteiger partial charge in [0, 0.05) is 6.20 Å². The van der Waals surface area contributed by atoms with E-state index in [1.54, 1.807) is 6.20 Å². The lowest BCUT2D eigenvalue weighted by molar-refractivity contribution is 0.794. The smallest absolute Gasteiger partial charge is 0.150 e. The van der Waals surface area contributed by atoms with E-state index in [0.29, 0.717) is 5.92 Å². The van der Waals surface area contributed by atoms with Crippen molar-refractivity contribution in [2.24, 2.45) is 0 Å². The van der Waals surface area contributed by atoms with Crippen LogP contribution in [0.1, 0.15) is 31.2 Å². The molecule has 16 heavy (non-hydrogen) atoms. The molecule has 0 aromatic carbocycles. The maximum absolute atomic E-state index is 4.49. The Hall–Kier alpha value is -1.84. The van der Waals surface area contributed by atoms with Crippen molar-refractivity contribution < 1.29 is 0 Å². The quantitative estimate of drug-likeness (QED) is 0.792. The molecule has 0 amide bonds. The van der Waals surface area contributed by atoms with Crippen LogP contribution in [-0.2, 0) is 6.54 Å². The molecule has 1 N–H and O–H groups in total. The number of hydrogen-bond donors (Lipinski definition) is 1. The van der Waals surface area contributed by atoms with Crippen molar-refractivity contribution in [3.05, 3.63) is 36.0 Å². The van der Waals surface area contributed by atoms with E-state index >= 15 is 0 Å². The Morgan fingerprint density at radius 2 is 2.25 bits per heavy atom. The molecule has 0 fully saturated rings. The number of anilines is 1. The molecule has 1 aliphatic rings. The molecule has 0 saturated heterocycles. The Kier molecular flexibility index (Phi) is 1.96. The van der Waals surface area contributed by atoms with E-state index in [0.717, 1.165) is 18.1 Å². The largest absolute Gasteiger partial charge is 0.363 e. The first-order valence-electron chi connectivity index (χ1n) is 5.52. The fourth-order valence-corrected chi connectivity index (χ4v) is 2.15. The summed E-state index contributed by atoms with van der Waals surface area (Å²) in [4.78, 5) is 8.80. The summed E-state index contributed by atoms with van der Waals surface area (Å²) in [5, 5.41) is 3.33. The van der Waals surface area contributed by atoms with Crippen molar-refractivity contribution in [3.8, 4) is 5.69 Å². The van der Waals surface area contributed by atoms with E-state index in [9.17, 15) is 0 Å². The first-order chi connectivity index (χ1) is 7.77. The monoisotopic (exact) mass is 214 g/mol. The predicted octanol–water partition coefficient (Wildman–Crippen LogP) is 2.32. The molecule has 0 saturated carbocycles. The number of nitrogens with zero attached hydrogens (tertiary/aromatic N) is 3. The summed E-state index contributed by atoms with van der Waals surface area (Å²) in [5.41, 5.74) is 3.50. The molecular weight excluding hydrogens is 200 g/mol. The number of imidazole rings is 1. The zero-order chi connectivity index (χ0) is 11.1. The van der Waals surface area contributed by atoms with Gasteiger partial charge in [-0.25, -0.2) is 9.97 Å². The fraction of sp³-hybridized carbons (Fsp3) is 0.333. The topological polar surface area (TPSA) is 42.7 Å². The number of nitrogens with one attached hydrogen (secondary N) is 1. The lowest BCUT2D eigenvalue weighted by Crippen LogP contribution is -2.16. The van der Waals surface area contributed by atoms with Gasteiger partial charge in [-0.3, -0.25) is 4.57 Å². The Morgan fingerprint density at radius 3 is 3.06 bits per heavy atom. The van der Waals surface area contributed by atoms with Crippen LogP contribution < -0.4 is 5.32 Å². The fourth-order valence-electron chi connectivity index (χ4n) is 2.15. The average Bonchev–Trinajstić information content (AvgIpc) is 2.73. The minimum Gasteiger partial charge on any atom is -0.363 e. The Balaban J connectivity index is 2.19. The Bertz CT molecular complexity index is 528. The lowest BCUT2D eigenvalue weighted by atomic mass is 10.1.